The van der Waals surface area contributed by atoms with Gasteiger partial charge >= 0.3 is 18.4 Å². The van der Waals surface area contributed by atoms with E-state index in [0.717, 1.165) is 11.1 Å². The number of nitrogen functional groups attached to an aromatic ring is 1. The average molecular weight is 746 g/mol. The number of alkyl halides is 6. The van der Waals surface area contributed by atoms with E-state index in [1.54, 1.807) is 37.4 Å². The molecule has 2 saturated heterocycles. The molecular formula is C35H33F6N7O5. The van der Waals surface area contributed by atoms with Crippen LogP contribution in [0, 0.1) is 6.92 Å². The van der Waals surface area contributed by atoms with E-state index in [4.69, 9.17) is 25.0 Å². The highest BCUT2D eigenvalue weighted by molar-refractivity contribution is 5.94. The highest BCUT2D eigenvalue weighted by Gasteiger charge is 2.44. The minimum absolute atomic E-state index is 0.0192. The molecule has 2 aromatic heterocycles. The number of carbonyl (C=O) groups excluding carboxylic acids is 2. The van der Waals surface area contributed by atoms with Crippen LogP contribution in [0.15, 0.2) is 54.9 Å². The SMILES string of the molecule is COc1ncc(-c2ccc(C(=O)NN)cc2C)cc1-c1cnc(N2CCOCC2)nc1CN1C(=O)O[C@H](c2cc(C(F)(F)F)cc(C(F)(F)F)c2)[C@@H]1C. The predicted molar refractivity (Wildman–Crippen MR) is 177 cm³/mol. The highest BCUT2D eigenvalue weighted by atomic mass is 19.4. The van der Waals surface area contributed by atoms with Crippen LogP contribution in [0.3, 0.4) is 0 Å². The van der Waals surface area contributed by atoms with Crippen molar-refractivity contribution >= 4 is 17.9 Å². The van der Waals surface area contributed by atoms with Crippen LogP contribution in [-0.4, -0.2) is 71.3 Å². The van der Waals surface area contributed by atoms with Crippen LogP contribution >= 0.6 is 0 Å². The number of methoxy groups -OCH3 is 1. The number of nitrogens with two attached hydrogens (primary N) is 1. The van der Waals surface area contributed by atoms with Crippen LogP contribution in [0.1, 0.15) is 51.3 Å². The number of nitrogens with zero attached hydrogens (tertiary/aromatic N) is 5. The summed E-state index contributed by atoms with van der Waals surface area (Å²) in [6.45, 7) is 4.77. The lowest BCUT2D eigenvalue weighted by Crippen LogP contribution is -2.38. The lowest BCUT2D eigenvalue weighted by molar-refractivity contribution is -0.143. The summed E-state index contributed by atoms with van der Waals surface area (Å²) < 4.78 is 98.7. The van der Waals surface area contributed by atoms with E-state index in [-0.39, 0.29) is 24.2 Å². The molecule has 4 heterocycles. The number of aryl methyl sites for hydroxylation is 1. The molecule has 280 valence electrons. The number of morpholine rings is 1. The van der Waals surface area contributed by atoms with Crippen molar-refractivity contribution in [2.24, 2.45) is 5.84 Å². The topological polar surface area (TPSA) is 145 Å². The Bertz CT molecular complexity index is 2010. The van der Waals surface area contributed by atoms with Crippen molar-refractivity contribution in [3.63, 3.8) is 0 Å². The molecule has 2 amide bonds. The zero-order valence-corrected chi connectivity index (χ0v) is 28.5. The van der Waals surface area contributed by atoms with Gasteiger partial charge in [0.25, 0.3) is 5.91 Å². The number of rotatable bonds is 8. The second-order valence-corrected chi connectivity index (χ2v) is 12.4. The third kappa shape index (κ3) is 7.68. The number of benzene rings is 2. The molecule has 53 heavy (non-hydrogen) atoms. The fourth-order valence-electron chi connectivity index (χ4n) is 6.30. The molecule has 2 aromatic carbocycles. The Labute approximate surface area is 298 Å². The first kappa shape index (κ1) is 37.3. The van der Waals surface area contributed by atoms with E-state index < -0.39 is 53.2 Å². The molecule has 18 heteroatoms. The van der Waals surface area contributed by atoms with Gasteiger partial charge in [-0.2, -0.15) is 26.3 Å². The van der Waals surface area contributed by atoms with Crippen LogP contribution in [0.5, 0.6) is 5.88 Å². The van der Waals surface area contributed by atoms with Gasteiger partial charge in [-0.1, -0.05) is 6.07 Å². The fraction of sp³-hybridized carbons (Fsp3) is 0.343. The number of halogens is 6. The van der Waals surface area contributed by atoms with Gasteiger partial charge in [0.1, 0.15) is 6.10 Å². The molecule has 2 atom stereocenters. The monoisotopic (exact) mass is 745 g/mol. The van der Waals surface area contributed by atoms with Gasteiger partial charge in [0, 0.05) is 47.7 Å². The predicted octanol–water partition coefficient (Wildman–Crippen LogP) is 6.08. The molecule has 2 fully saturated rings. The lowest BCUT2D eigenvalue weighted by atomic mass is 9.96. The van der Waals surface area contributed by atoms with E-state index in [2.05, 4.69) is 15.4 Å². The van der Waals surface area contributed by atoms with Crippen LogP contribution in [0.25, 0.3) is 22.3 Å². The summed E-state index contributed by atoms with van der Waals surface area (Å²) in [4.78, 5) is 42.4. The molecule has 2 aliphatic rings. The van der Waals surface area contributed by atoms with Gasteiger partial charge in [0.05, 0.1) is 49.7 Å². The second-order valence-electron chi connectivity index (χ2n) is 12.4. The van der Waals surface area contributed by atoms with Crippen molar-refractivity contribution in [2.75, 3.05) is 38.3 Å². The maximum absolute atomic E-state index is 13.7. The largest absolute Gasteiger partial charge is 0.481 e. The summed E-state index contributed by atoms with van der Waals surface area (Å²) in [5.41, 5.74) is 2.07. The molecular weight excluding hydrogens is 712 g/mol. The molecule has 12 nitrogen and oxygen atoms in total. The molecule has 0 bridgehead atoms. The van der Waals surface area contributed by atoms with Crippen molar-refractivity contribution in [1.82, 2.24) is 25.3 Å². The Hall–Kier alpha value is -5.49. The number of hydrogen-bond acceptors (Lipinski definition) is 10. The van der Waals surface area contributed by atoms with Crippen molar-refractivity contribution in [2.45, 2.75) is 44.9 Å². The first-order valence-corrected chi connectivity index (χ1v) is 16.2. The molecule has 0 spiro atoms. The van der Waals surface area contributed by atoms with Crippen molar-refractivity contribution in [3.05, 3.63) is 88.4 Å². The molecule has 0 aliphatic carbocycles. The molecule has 2 aliphatic heterocycles. The Morgan fingerprint density at radius 2 is 1.64 bits per heavy atom. The van der Waals surface area contributed by atoms with Crippen molar-refractivity contribution in [1.29, 1.82) is 0 Å². The number of anilines is 1. The number of hydrogen-bond donors (Lipinski definition) is 2. The van der Waals surface area contributed by atoms with Crippen molar-refractivity contribution in [3.8, 4) is 28.1 Å². The zero-order valence-electron chi connectivity index (χ0n) is 28.5. The number of amides is 2. The summed E-state index contributed by atoms with van der Waals surface area (Å²) >= 11 is 0. The number of cyclic esters (lactones) is 1. The number of aromatic nitrogens is 3. The molecule has 0 unspecified atom stereocenters. The minimum Gasteiger partial charge on any atom is -0.481 e. The van der Waals surface area contributed by atoms with Crippen LogP contribution in [-0.2, 0) is 28.4 Å². The van der Waals surface area contributed by atoms with Gasteiger partial charge in [0.15, 0.2) is 0 Å². The molecule has 3 N–H and O–H groups in total. The van der Waals surface area contributed by atoms with Crippen LogP contribution in [0.4, 0.5) is 37.1 Å². The normalized spacial score (nSPS) is 17.9. The summed E-state index contributed by atoms with van der Waals surface area (Å²) in [5, 5.41) is 0. The molecule has 6 rings (SSSR count). The number of hydrazine groups is 1. The Morgan fingerprint density at radius 1 is 0.962 bits per heavy atom. The standard InChI is InChI=1S/C35H33F6N7O5/c1-18-10-20(30(49)46-42)4-5-25(18)22-13-26(31(51-3)43-15-22)27-16-44-32(47-6-8-52-9-7-47)45-28(27)17-48-19(2)29(53-33(48)50)21-11-23(34(36,37)38)14-24(12-21)35(39,40)41/h4-5,10-16,19,29H,6-9,17,42H2,1-3H3,(H,46,49)/t19-,29-/m0/s1. The average Bonchev–Trinajstić information content (AvgIpc) is 3.42. The third-order valence-corrected chi connectivity index (χ3v) is 9.06. The summed E-state index contributed by atoms with van der Waals surface area (Å²) in [5.74, 6) is 5.30. The molecule has 4 aromatic rings. The van der Waals surface area contributed by atoms with Gasteiger partial charge in [-0.3, -0.25) is 15.1 Å². The summed E-state index contributed by atoms with van der Waals surface area (Å²) in [6.07, 6.45) is -9.51. The summed E-state index contributed by atoms with van der Waals surface area (Å²) in [7, 11) is 1.41. The zero-order chi connectivity index (χ0) is 38.2. The summed E-state index contributed by atoms with van der Waals surface area (Å²) in [6, 6.07) is 6.85. The molecule has 0 radical (unpaired) electrons. The first-order valence-electron chi connectivity index (χ1n) is 16.2. The van der Waals surface area contributed by atoms with E-state index in [9.17, 15) is 35.9 Å². The van der Waals surface area contributed by atoms with Crippen LogP contribution in [0.2, 0.25) is 0 Å². The maximum atomic E-state index is 13.7. The number of ether oxygens (including phenoxy) is 3. The fourth-order valence-corrected chi connectivity index (χ4v) is 6.30. The van der Waals surface area contributed by atoms with Gasteiger partial charge in [-0.15, -0.1) is 0 Å². The van der Waals surface area contributed by atoms with E-state index in [1.807, 2.05) is 4.90 Å². The van der Waals surface area contributed by atoms with E-state index >= 15 is 0 Å². The maximum Gasteiger partial charge on any atom is 0.416 e. The van der Waals surface area contributed by atoms with E-state index in [1.165, 1.54) is 25.1 Å². The Morgan fingerprint density at radius 3 is 2.25 bits per heavy atom. The van der Waals surface area contributed by atoms with Gasteiger partial charge < -0.3 is 19.1 Å². The third-order valence-electron chi connectivity index (χ3n) is 9.06. The van der Waals surface area contributed by atoms with Gasteiger partial charge in [-0.25, -0.2) is 25.6 Å². The van der Waals surface area contributed by atoms with Gasteiger partial charge in [-0.05, 0) is 66.9 Å². The second kappa shape index (κ2) is 14.5. The highest BCUT2D eigenvalue weighted by Crippen LogP contribution is 2.42. The quantitative estimate of drug-likeness (QED) is 0.0942. The number of nitrogens with one attached hydrogen (secondary N) is 1. The minimum atomic E-state index is -5.09. The number of carbonyl (C=O) groups is 2. The Balaban J connectivity index is 1.42. The Kier molecular flexibility index (Phi) is 10.2. The smallest absolute Gasteiger partial charge is 0.416 e. The first-order chi connectivity index (χ1) is 25.1. The lowest BCUT2D eigenvalue weighted by Gasteiger charge is -2.28. The van der Waals surface area contributed by atoms with Crippen molar-refractivity contribution < 1.29 is 50.1 Å². The van der Waals surface area contributed by atoms with Gasteiger partial charge in [0.2, 0.25) is 11.8 Å². The number of pyridine rings is 1. The van der Waals surface area contributed by atoms with E-state index in [0.29, 0.717) is 66.6 Å². The molecule has 0 saturated carbocycles. The van der Waals surface area contributed by atoms with Crippen LogP contribution < -0.4 is 20.9 Å².